The molecular weight excluding hydrogens is 494 g/mol. The Labute approximate surface area is 219 Å². The predicted octanol–water partition coefficient (Wildman–Crippen LogP) is 5.65. The number of nitro groups is 1. The first-order valence-electron chi connectivity index (χ1n) is 13.2. The van der Waals surface area contributed by atoms with Gasteiger partial charge in [0.15, 0.2) is 0 Å². The van der Waals surface area contributed by atoms with E-state index >= 15 is 0 Å². The van der Waals surface area contributed by atoms with Gasteiger partial charge in [0.1, 0.15) is 0 Å². The smallest absolute Gasteiger partial charge is 0.271 e. The Hall–Kier alpha value is -3.56. The highest BCUT2D eigenvalue weighted by Crippen LogP contribution is 2.55. The Morgan fingerprint density at radius 3 is 2.26 bits per heavy atom. The van der Waals surface area contributed by atoms with Gasteiger partial charge in [-0.2, -0.15) is 0 Å². The summed E-state index contributed by atoms with van der Waals surface area (Å²) in [4.78, 5) is 41.3. The number of alkyl halides is 2. The Morgan fingerprint density at radius 2 is 1.63 bits per heavy atom. The standard InChI is InChI=1S/C28H30F2N4O4/c1-32-22-5-2-18(16-21(22)27(25(32)36)8-10-28(29,30)11-9-27)31-24(35)20-4-3-19(34(37)38)17-23(20)33-14-12-26(6-7-26)13-15-33/h2-5,16-17H,6-15H2,1H3,(H,31,35). The third-order valence-electron chi connectivity index (χ3n) is 9.24. The molecule has 8 nitrogen and oxygen atoms in total. The molecule has 2 amide bonds. The number of non-ortho nitro benzene ring substituents is 1. The van der Waals surface area contributed by atoms with Gasteiger partial charge >= 0.3 is 0 Å². The first-order valence-corrected chi connectivity index (χ1v) is 13.2. The van der Waals surface area contributed by atoms with Crippen molar-refractivity contribution in [2.45, 2.75) is 62.7 Å². The first-order chi connectivity index (χ1) is 18.0. The lowest BCUT2D eigenvalue weighted by atomic mass is 9.69. The minimum atomic E-state index is -2.78. The third-order valence-corrected chi connectivity index (χ3v) is 9.24. The number of nitrogens with one attached hydrogen (secondary N) is 1. The van der Waals surface area contributed by atoms with Gasteiger partial charge in [-0.15, -0.1) is 0 Å². The fraction of sp³-hybridized carbons (Fsp3) is 0.500. The lowest BCUT2D eigenvalue weighted by Gasteiger charge is -2.36. The van der Waals surface area contributed by atoms with E-state index in [-0.39, 0.29) is 37.3 Å². The molecule has 0 bridgehead atoms. The number of anilines is 3. The second kappa shape index (κ2) is 8.47. The van der Waals surface area contributed by atoms with Crippen LogP contribution in [0.1, 0.15) is 67.3 Å². The topological polar surface area (TPSA) is 95.8 Å². The van der Waals surface area contributed by atoms with Crippen molar-refractivity contribution in [1.82, 2.24) is 0 Å². The van der Waals surface area contributed by atoms with Crippen LogP contribution in [0.15, 0.2) is 36.4 Å². The van der Waals surface area contributed by atoms with Crippen molar-refractivity contribution in [3.8, 4) is 0 Å². The highest BCUT2D eigenvalue weighted by atomic mass is 19.3. The molecule has 2 aromatic rings. The number of hydrogen-bond donors (Lipinski definition) is 1. The van der Waals surface area contributed by atoms with Crippen LogP contribution in [0, 0.1) is 15.5 Å². The number of benzene rings is 2. The van der Waals surface area contributed by atoms with Crippen molar-refractivity contribution >= 4 is 34.6 Å². The second-order valence-electron chi connectivity index (χ2n) is 11.4. The average molecular weight is 525 g/mol. The lowest BCUT2D eigenvalue weighted by molar-refractivity contribution is -0.384. The summed E-state index contributed by atoms with van der Waals surface area (Å²) >= 11 is 0. The molecule has 0 unspecified atom stereocenters. The number of hydrogen-bond acceptors (Lipinski definition) is 5. The lowest BCUT2D eigenvalue weighted by Crippen LogP contribution is -2.44. The number of nitro benzene ring substituents is 1. The van der Waals surface area contributed by atoms with E-state index in [0.29, 0.717) is 33.6 Å². The van der Waals surface area contributed by atoms with Crippen LogP contribution in [-0.4, -0.2) is 42.8 Å². The first kappa shape index (κ1) is 24.8. The maximum Gasteiger partial charge on any atom is 0.271 e. The molecule has 2 aromatic carbocycles. The summed E-state index contributed by atoms with van der Waals surface area (Å²) in [7, 11) is 1.65. The molecule has 10 heteroatoms. The van der Waals surface area contributed by atoms with Gasteiger partial charge in [-0.1, -0.05) is 0 Å². The van der Waals surface area contributed by atoms with E-state index in [2.05, 4.69) is 10.2 Å². The van der Waals surface area contributed by atoms with Crippen LogP contribution < -0.4 is 15.1 Å². The van der Waals surface area contributed by atoms with Gasteiger partial charge in [-0.25, -0.2) is 8.78 Å². The quantitative estimate of drug-likeness (QED) is 0.412. The molecule has 0 aromatic heterocycles. The summed E-state index contributed by atoms with van der Waals surface area (Å²) in [6.07, 6.45) is 3.84. The third kappa shape index (κ3) is 4.01. The fourth-order valence-corrected chi connectivity index (χ4v) is 6.55. The largest absolute Gasteiger partial charge is 0.371 e. The summed E-state index contributed by atoms with van der Waals surface area (Å²) in [5.41, 5.74) is 1.97. The van der Waals surface area contributed by atoms with E-state index in [1.807, 2.05) is 0 Å². The van der Waals surface area contributed by atoms with E-state index in [0.717, 1.165) is 25.9 Å². The molecule has 2 aliphatic carbocycles. The Balaban J connectivity index is 1.29. The average Bonchev–Trinajstić information content (AvgIpc) is 3.62. The normalized spacial score (nSPS) is 22.4. The highest BCUT2D eigenvalue weighted by Gasteiger charge is 2.54. The van der Waals surface area contributed by atoms with Gasteiger partial charge in [0.25, 0.3) is 11.6 Å². The summed E-state index contributed by atoms with van der Waals surface area (Å²) in [6, 6.07) is 9.44. The van der Waals surface area contributed by atoms with Crippen LogP contribution in [0.3, 0.4) is 0 Å². The summed E-state index contributed by atoms with van der Waals surface area (Å²) < 4.78 is 27.9. The number of rotatable bonds is 4. The van der Waals surface area contributed by atoms with Gasteiger partial charge < -0.3 is 15.1 Å². The Kier molecular flexibility index (Phi) is 5.52. The molecule has 0 atom stereocenters. The number of piperidine rings is 1. The van der Waals surface area contributed by atoms with Crippen LogP contribution in [0.4, 0.5) is 31.5 Å². The summed E-state index contributed by atoms with van der Waals surface area (Å²) in [5, 5.41) is 14.4. The zero-order chi connectivity index (χ0) is 26.9. The molecule has 200 valence electrons. The molecule has 6 rings (SSSR count). The van der Waals surface area contributed by atoms with Gasteiger partial charge in [-0.05, 0) is 73.8 Å². The number of carbonyl (C=O) groups excluding carboxylic acids is 2. The zero-order valence-corrected chi connectivity index (χ0v) is 21.3. The zero-order valence-electron chi connectivity index (χ0n) is 21.3. The van der Waals surface area contributed by atoms with E-state index < -0.39 is 22.2 Å². The van der Waals surface area contributed by atoms with E-state index in [1.165, 1.54) is 35.9 Å². The van der Waals surface area contributed by atoms with Gasteiger partial charge in [0.05, 0.1) is 21.6 Å². The molecule has 1 N–H and O–H groups in total. The number of halogens is 2. The van der Waals surface area contributed by atoms with Gasteiger partial charge in [0, 0.05) is 56.5 Å². The Bertz CT molecular complexity index is 1340. The molecule has 2 spiro atoms. The minimum Gasteiger partial charge on any atom is -0.371 e. The van der Waals surface area contributed by atoms with Crippen molar-refractivity contribution in [1.29, 1.82) is 0 Å². The van der Waals surface area contributed by atoms with Crippen molar-refractivity contribution in [3.05, 3.63) is 57.6 Å². The number of fused-ring (bicyclic) bond motifs is 2. The van der Waals surface area contributed by atoms with Crippen molar-refractivity contribution < 1.29 is 23.3 Å². The summed E-state index contributed by atoms with van der Waals surface area (Å²) in [5.74, 6) is -3.38. The number of nitrogens with zero attached hydrogens (tertiary/aromatic N) is 3. The predicted molar refractivity (Wildman–Crippen MR) is 139 cm³/mol. The highest BCUT2D eigenvalue weighted by molar-refractivity contribution is 6.11. The molecule has 1 saturated heterocycles. The van der Waals surface area contributed by atoms with Crippen LogP contribution in [0.5, 0.6) is 0 Å². The molecule has 2 saturated carbocycles. The van der Waals surface area contributed by atoms with Crippen LogP contribution in [-0.2, 0) is 10.2 Å². The minimum absolute atomic E-state index is 0.0521. The van der Waals surface area contributed by atoms with E-state index in [1.54, 1.807) is 25.2 Å². The van der Waals surface area contributed by atoms with Crippen molar-refractivity contribution in [2.24, 2.45) is 5.41 Å². The van der Waals surface area contributed by atoms with E-state index in [9.17, 15) is 28.5 Å². The Morgan fingerprint density at radius 1 is 0.947 bits per heavy atom. The number of carbonyl (C=O) groups is 2. The second-order valence-corrected chi connectivity index (χ2v) is 11.4. The SMILES string of the molecule is CN1C(=O)C2(CCC(F)(F)CC2)c2cc(NC(=O)c3ccc([N+](=O)[O-])cc3N3CCC4(CC3)CC4)ccc21. The summed E-state index contributed by atoms with van der Waals surface area (Å²) in [6.45, 7) is 1.48. The fourth-order valence-electron chi connectivity index (χ4n) is 6.55. The van der Waals surface area contributed by atoms with Crippen molar-refractivity contribution in [2.75, 3.05) is 35.3 Å². The van der Waals surface area contributed by atoms with Gasteiger partial charge in [-0.3, -0.25) is 19.7 Å². The number of likely N-dealkylation sites (N-methyl/N-ethyl adjacent to an activating group) is 1. The van der Waals surface area contributed by atoms with Crippen LogP contribution in [0.2, 0.25) is 0 Å². The molecule has 38 heavy (non-hydrogen) atoms. The maximum absolute atomic E-state index is 14.0. The monoisotopic (exact) mass is 524 g/mol. The number of amides is 2. The van der Waals surface area contributed by atoms with E-state index in [4.69, 9.17) is 0 Å². The molecule has 4 aliphatic rings. The van der Waals surface area contributed by atoms with Crippen LogP contribution in [0.25, 0.3) is 0 Å². The van der Waals surface area contributed by atoms with Crippen LogP contribution >= 0.6 is 0 Å². The van der Waals surface area contributed by atoms with Crippen molar-refractivity contribution in [3.63, 3.8) is 0 Å². The molecule has 0 radical (unpaired) electrons. The maximum atomic E-state index is 14.0. The molecule has 2 heterocycles. The van der Waals surface area contributed by atoms with Gasteiger partial charge in [0.2, 0.25) is 11.8 Å². The molecular formula is C28H30F2N4O4. The molecule has 2 aliphatic heterocycles. The molecule has 3 fully saturated rings.